The highest BCUT2D eigenvalue weighted by Crippen LogP contribution is 2.23. The molecule has 1 fully saturated rings. The van der Waals surface area contributed by atoms with E-state index in [2.05, 4.69) is 21.8 Å². The first-order valence-electron chi connectivity index (χ1n) is 12.1. The number of likely N-dealkylation sites (tertiary alicyclic amines) is 1. The van der Waals surface area contributed by atoms with Crippen molar-refractivity contribution in [3.05, 3.63) is 84.1 Å². The van der Waals surface area contributed by atoms with Gasteiger partial charge in [0.15, 0.2) is 0 Å². The number of fused-ring (bicyclic) bond motifs is 1. The van der Waals surface area contributed by atoms with Crippen molar-refractivity contribution in [2.24, 2.45) is 5.92 Å². The molecule has 0 saturated carbocycles. The molecule has 1 aromatic heterocycles. The molecular weight excluding hydrogens is 456 g/mol. The molecule has 1 aliphatic rings. The van der Waals surface area contributed by atoms with Crippen molar-refractivity contribution in [3.63, 3.8) is 0 Å². The van der Waals surface area contributed by atoms with Gasteiger partial charge in [0.25, 0.3) is 5.91 Å². The summed E-state index contributed by atoms with van der Waals surface area (Å²) in [4.78, 5) is 31.9. The van der Waals surface area contributed by atoms with Gasteiger partial charge in [0, 0.05) is 34.8 Å². The van der Waals surface area contributed by atoms with E-state index < -0.39 is 17.9 Å². The fourth-order valence-electron chi connectivity index (χ4n) is 4.67. The normalized spacial score (nSPS) is 18.9. The van der Waals surface area contributed by atoms with E-state index >= 15 is 0 Å². The Morgan fingerprint density at radius 1 is 1.25 bits per heavy atom. The van der Waals surface area contributed by atoms with E-state index in [1.807, 2.05) is 50.3 Å². The van der Waals surface area contributed by atoms with Gasteiger partial charge in [0.2, 0.25) is 5.91 Å². The van der Waals surface area contributed by atoms with Crippen molar-refractivity contribution in [3.8, 4) is 5.75 Å². The fraction of sp³-hybridized carbons (Fsp3) is 0.321. The smallest absolute Gasteiger partial charge is 0.251 e. The van der Waals surface area contributed by atoms with Gasteiger partial charge in [-0.25, -0.2) is 5.48 Å². The Kier molecular flexibility index (Phi) is 7.97. The molecule has 3 aromatic rings. The minimum atomic E-state index is -0.520. The second-order valence-corrected chi connectivity index (χ2v) is 9.18. The molecule has 188 valence electrons. The zero-order chi connectivity index (χ0) is 25.7. The van der Waals surface area contributed by atoms with Gasteiger partial charge >= 0.3 is 0 Å². The van der Waals surface area contributed by atoms with Crippen LogP contribution in [0.1, 0.15) is 35.0 Å². The highest BCUT2D eigenvalue weighted by atomic mass is 16.5. The molecular formula is C28H32N4O4. The third-order valence-electron chi connectivity index (χ3n) is 6.77. The summed E-state index contributed by atoms with van der Waals surface area (Å²) in [6, 6.07) is 16.6. The van der Waals surface area contributed by atoms with Gasteiger partial charge in [-0.1, -0.05) is 24.3 Å². The minimum absolute atomic E-state index is 0.111. The van der Waals surface area contributed by atoms with Crippen molar-refractivity contribution >= 4 is 22.7 Å². The van der Waals surface area contributed by atoms with E-state index in [1.54, 1.807) is 29.7 Å². The second-order valence-electron chi connectivity index (χ2n) is 9.18. The number of ether oxygens (including phenoxy) is 1. The molecule has 0 aliphatic carbocycles. The molecule has 3 N–H and O–H groups in total. The first kappa shape index (κ1) is 25.3. The van der Waals surface area contributed by atoms with Gasteiger partial charge in [-0.05, 0) is 63.2 Å². The lowest BCUT2D eigenvalue weighted by Crippen LogP contribution is -2.57. The molecule has 3 atom stereocenters. The number of hydroxylamine groups is 1. The lowest BCUT2D eigenvalue weighted by Gasteiger charge is -2.39. The molecule has 8 heteroatoms. The van der Waals surface area contributed by atoms with Crippen LogP contribution in [0.25, 0.3) is 10.9 Å². The van der Waals surface area contributed by atoms with Crippen molar-refractivity contribution in [2.45, 2.75) is 39.0 Å². The summed E-state index contributed by atoms with van der Waals surface area (Å²) in [5.41, 5.74) is 5.10. The van der Waals surface area contributed by atoms with Crippen molar-refractivity contribution < 1.29 is 19.5 Å². The van der Waals surface area contributed by atoms with Crippen LogP contribution in [0.3, 0.4) is 0 Å². The maximum atomic E-state index is 13.0. The monoisotopic (exact) mass is 488 g/mol. The number of piperidine rings is 1. The number of carbonyl (C=O) groups is 2. The Morgan fingerprint density at radius 3 is 2.72 bits per heavy atom. The lowest BCUT2D eigenvalue weighted by molar-refractivity contribution is -0.135. The summed E-state index contributed by atoms with van der Waals surface area (Å²) in [5, 5.41) is 13.2. The molecule has 36 heavy (non-hydrogen) atoms. The highest BCUT2D eigenvalue weighted by Gasteiger charge is 2.36. The van der Waals surface area contributed by atoms with Crippen LogP contribution in [0.4, 0.5) is 0 Å². The number of nitrogens with one attached hydrogen (secondary N) is 2. The zero-order valence-corrected chi connectivity index (χ0v) is 20.6. The molecule has 4 rings (SSSR count). The average molecular weight is 489 g/mol. The summed E-state index contributed by atoms with van der Waals surface area (Å²) < 4.78 is 6.00. The Morgan fingerprint density at radius 2 is 2.00 bits per heavy atom. The molecule has 2 aromatic carbocycles. The van der Waals surface area contributed by atoms with Crippen molar-refractivity contribution in [2.75, 3.05) is 13.1 Å². The Bertz CT molecular complexity index is 1240. The van der Waals surface area contributed by atoms with Gasteiger partial charge in [-0.15, -0.1) is 6.58 Å². The first-order chi connectivity index (χ1) is 17.4. The molecule has 2 heterocycles. The molecule has 2 amide bonds. The molecule has 0 bridgehead atoms. The number of para-hydroxylation sites is 1. The summed E-state index contributed by atoms with van der Waals surface area (Å²) >= 11 is 0. The number of amides is 2. The van der Waals surface area contributed by atoms with Crippen LogP contribution < -0.4 is 15.5 Å². The summed E-state index contributed by atoms with van der Waals surface area (Å²) in [6.45, 7) is 9.36. The van der Waals surface area contributed by atoms with E-state index in [4.69, 9.17) is 9.94 Å². The Labute approximate surface area is 210 Å². The third kappa shape index (κ3) is 5.72. The SMILES string of the molecule is C=CC(C)N1CC[C@H](C(=O)NO)[C@H](NC(=O)c2ccc(OCc3cc(C)nc4ccccc34)cc2)C1. The van der Waals surface area contributed by atoms with E-state index in [9.17, 15) is 9.59 Å². The summed E-state index contributed by atoms with van der Waals surface area (Å²) in [6.07, 6.45) is 2.35. The number of rotatable bonds is 8. The number of benzene rings is 2. The quantitative estimate of drug-likeness (QED) is 0.254. The zero-order valence-electron chi connectivity index (χ0n) is 20.6. The van der Waals surface area contributed by atoms with E-state index in [0.29, 0.717) is 37.4 Å². The van der Waals surface area contributed by atoms with Crippen LogP contribution >= 0.6 is 0 Å². The number of pyridine rings is 1. The minimum Gasteiger partial charge on any atom is -0.489 e. The number of aromatic nitrogens is 1. The van der Waals surface area contributed by atoms with Crippen LogP contribution in [0.2, 0.25) is 0 Å². The maximum Gasteiger partial charge on any atom is 0.251 e. The molecule has 1 saturated heterocycles. The number of carbonyl (C=O) groups excluding carboxylic acids is 2. The molecule has 8 nitrogen and oxygen atoms in total. The maximum absolute atomic E-state index is 13.0. The first-order valence-corrected chi connectivity index (χ1v) is 12.1. The van der Waals surface area contributed by atoms with Crippen LogP contribution in [-0.4, -0.2) is 52.1 Å². The van der Waals surface area contributed by atoms with Gasteiger partial charge in [0.1, 0.15) is 12.4 Å². The van der Waals surface area contributed by atoms with Gasteiger partial charge < -0.3 is 10.1 Å². The standard InChI is InChI=1S/C28H32N4O4/c1-4-19(3)32-14-13-24(28(34)31-35)26(16-32)30-27(33)20-9-11-22(12-10-20)36-17-21-15-18(2)29-25-8-6-5-7-23(21)25/h4-12,15,19,24,26,35H,1,13-14,16-17H2,2-3H3,(H,30,33)(H,31,34)/t19?,24-,26+/m0/s1. The summed E-state index contributed by atoms with van der Waals surface area (Å²) in [5.74, 6) is -0.653. The molecule has 1 aliphatic heterocycles. The van der Waals surface area contributed by atoms with Crippen molar-refractivity contribution in [1.82, 2.24) is 20.7 Å². The van der Waals surface area contributed by atoms with Gasteiger partial charge in [-0.2, -0.15) is 0 Å². The topological polar surface area (TPSA) is 104 Å². The van der Waals surface area contributed by atoms with E-state index in [-0.39, 0.29) is 11.9 Å². The van der Waals surface area contributed by atoms with E-state index in [1.165, 1.54) is 0 Å². The molecule has 0 radical (unpaired) electrons. The molecule has 0 spiro atoms. The second kappa shape index (κ2) is 11.3. The van der Waals surface area contributed by atoms with Crippen LogP contribution in [-0.2, 0) is 11.4 Å². The highest BCUT2D eigenvalue weighted by molar-refractivity contribution is 5.95. The van der Waals surface area contributed by atoms with Gasteiger partial charge in [0.05, 0.1) is 17.5 Å². The largest absolute Gasteiger partial charge is 0.489 e. The van der Waals surface area contributed by atoms with Crippen molar-refractivity contribution in [1.29, 1.82) is 0 Å². The van der Waals surface area contributed by atoms with Gasteiger partial charge in [-0.3, -0.25) is 24.7 Å². The van der Waals surface area contributed by atoms with E-state index in [0.717, 1.165) is 22.2 Å². The fourth-order valence-corrected chi connectivity index (χ4v) is 4.67. The lowest BCUT2D eigenvalue weighted by atomic mass is 9.89. The number of hydrogen-bond acceptors (Lipinski definition) is 6. The Hall–Kier alpha value is -3.75. The van der Waals surface area contributed by atoms with Crippen LogP contribution in [0.15, 0.2) is 67.3 Å². The number of hydrogen-bond donors (Lipinski definition) is 3. The number of aryl methyl sites for hydroxylation is 1. The van der Waals surface area contributed by atoms with Crippen LogP contribution in [0, 0.1) is 12.8 Å². The Balaban J connectivity index is 1.42. The summed E-state index contributed by atoms with van der Waals surface area (Å²) in [7, 11) is 0. The predicted octanol–water partition coefficient (Wildman–Crippen LogP) is 3.62. The predicted molar refractivity (Wildman–Crippen MR) is 138 cm³/mol. The van der Waals surface area contributed by atoms with Crippen LogP contribution in [0.5, 0.6) is 5.75 Å². The third-order valence-corrected chi connectivity index (χ3v) is 6.77. The molecule has 1 unspecified atom stereocenters. The number of nitrogens with zero attached hydrogens (tertiary/aromatic N) is 2. The average Bonchev–Trinajstić information content (AvgIpc) is 2.90.